The third-order valence-corrected chi connectivity index (χ3v) is 5.18. The monoisotopic (exact) mass is 470 g/mol. The molecule has 180 valence electrons. The molecule has 0 aliphatic carbocycles. The number of benzene rings is 2. The first kappa shape index (κ1) is 24.6. The van der Waals surface area contributed by atoms with Crippen LogP contribution in [0, 0.1) is 0 Å². The number of rotatable bonds is 8. The number of carbonyl (C=O) groups is 3. The number of hydrogen-bond donors (Lipinski definition) is 0. The molecule has 34 heavy (non-hydrogen) atoms. The summed E-state index contributed by atoms with van der Waals surface area (Å²) in [6, 6.07) is 8.65. The number of fused-ring (bicyclic) bond motifs is 1. The van der Waals surface area contributed by atoms with Gasteiger partial charge in [0.2, 0.25) is 0 Å². The topological polar surface area (TPSA) is 107 Å². The van der Waals surface area contributed by atoms with E-state index in [-0.39, 0.29) is 18.3 Å². The van der Waals surface area contributed by atoms with Crippen LogP contribution < -0.4 is 18.9 Å². The fourth-order valence-electron chi connectivity index (χ4n) is 3.68. The van der Waals surface area contributed by atoms with Gasteiger partial charge < -0.3 is 28.4 Å². The third-order valence-electron chi connectivity index (χ3n) is 5.18. The molecule has 9 nitrogen and oxygen atoms in total. The summed E-state index contributed by atoms with van der Waals surface area (Å²) >= 11 is 0. The Morgan fingerprint density at radius 1 is 0.941 bits per heavy atom. The highest BCUT2D eigenvalue weighted by molar-refractivity contribution is 5.87. The van der Waals surface area contributed by atoms with E-state index in [9.17, 15) is 14.4 Å². The molecule has 0 amide bonds. The minimum atomic E-state index is -0.552. The lowest BCUT2D eigenvalue weighted by Gasteiger charge is -2.20. The standard InChI is InChI=1S/C25H26O9/c1-14(26)32-13-19-18-10-16(6-9-23(28)31-5)11-22(30-4)25(18)34-24(19)17-7-8-20(33-15(2)27)21(12-17)29-3/h6-12,19,24H,13H2,1-5H3/b9-6+/t19-,24-/m1/s1. The molecule has 0 fully saturated rings. The lowest BCUT2D eigenvalue weighted by atomic mass is 9.90. The highest BCUT2D eigenvalue weighted by atomic mass is 16.6. The molecule has 1 aliphatic heterocycles. The van der Waals surface area contributed by atoms with Gasteiger partial charge in [0.25, 0.3) is 0 Å². The largest absolute Gasteiger partial charge is 0.493 e. The van der Waals surface area contributed by atoms with Gasteiger partial charge in [-0.05, 0) is 41.5 Å². The van der Waals surface area contributed by atoms with Gasteiger partial charge in [-0.1, -0.05) is 6.07 Å². The van der Waals surface area contributed by atoms with Crippen molar-refractivity contribution in [3.05, 3.63) is 53.1 Å². The van der Waals surface area contributed by atoms with Gasteiger partial charge >= 0.3 is 17.9 Å². The van der Waals surface area contributed by atoms with Gasteiger partial charge in [0.05, 0.1) is 27.2 Å². The lowest BCUT2D eigenvalue weighted by Crippen LogP contribution is -2.17. The zero-order valence-corrected chi connectivity index (χ0v) is 19.6. The van der Waals surface area contributed by atoms with Gasteiger partial charge in [-0.25, -0.2) is 4.79 Å². The van der Waals surface area contributed by atoms with E-state index >= 15 is 0 Å². The van der Waals surface area contributed by atoms with Crippen molar-refractivity contribution < 1.29 is 42.8 Å². The van der Waals surface area contributed by atoms with Gasteiger partial charge in [-0.15, -0.1) is 0 Å². The Kier molecular flexibility index (Phi) is 7.78. The van der Waals surface area contributed by atoms with E-state index in [1.807, 2.05) is 6.07 Å². The van der Waals surface area contributed by atoms with Crippen molar-refractivity contribution in [3.63, 3.8) is 0 Å². The SMILES string of the molecule is COC(=O)/C=C/c1cc(OC)c2c(c1)[C@@H](COC(C)=O)[C@@H](c1ccc(OC(C)=O)c(OC)c1)O2. The quantitative estimate of drug-likeness (QED) is 0.325. The minimum Gasteiger partial charge on any atom is -0.493 e. The highest BCUT2D eigenvalue weighted by Crippen LogP contribution is 2.51. The summed E-state index contributed by atoms with van der Waals surface area (Å²) in [5.41, 5.74) is 2.15. The van der Waals surface area contributed by atoms with Crippen LogP contribution in [-0.4, -0.2) is 45.8 Å². The predicted octanol–water partition coefficient (Wildman–Crippen LogP) is 3.60. The van der Waals surface area contributed by atoms with Crippen LogP contribution in [0.25, 0.3) is 6.08 Å². The van der Waals surface area contributed by atoms with Crippen molar-refractivity contribution >= 4 is 24.0 Å². The summed E-state index contributed by atoms with van der Waals surface area (Å²) in [5, 5.41) is 0. The molecule has 0 bridgehead atoms. The molecule has 0 radical (unpaired) electrons. The summed E-state index contributed by atoms with van der Waals surface area (Å²) in [4.78, 5) is 34.5. The summed E-state index contributed by atoms with van der Waals surface area (Å²) in [7, 11) is 4.28. The molecular weight excluding hydrogens is 444 g/mol. The van der Waals surface area contributed by atoms with Crippen LogP contribution >= 0.6 is 0 Å². The molecule has 1 aliphatic rings. The van der Waals surface area contributed by atoms with Gasteiger partial charge in [-0.3, -0.25) is 9.59 Å². The molecule has 0 saturated heterocycles. The first-order chi connectivity index (χ1) is 16.3. The normalized spacial score (nSPS) is 16.4. The summed E-state index contributed by atoms with van der Waals surface area (Å²) in [5.74, 6) is -0.188. The van der Waals surface area contributed by atoms with Gasteiger partial charge in [-0.2, -0.15) is 0 Å². The Balaban J connectivity index is 2.05. The number of hydrogen-bond acceptors (Lipinski definition) is 9. The van der Waals surface area contributed by atoms with Crippen molar-refractivity contribution in [3.8, 4) is 23.0 Å². The molecule has 0 aromatic heterocycles. The molecule has 3 rings (SSSR count). The van der Waals surface area contributed by atoms with E-state index in [1.165, 1.54) is 41.3 Å². The Morgan fingerprint density at radius 2 is 1.68 bits per heavy atom. The molecule has 2 atom stereocenters. The van der Waals surface area contributed by atoms with Crippen LogP contribution in [0.5, 0.6) is 23.0 Å². The molecule has 0 unspecified atom stereocenters. The zero-order chi connectivity index (χ0) is 24.8. The second-order valence-electron chi connectivity index (χ2n) is 7.45. The average molecular weight is 470 g/mol. The minimum absolute atomic E-state index is 0.0499. The van der Waals surface area contributed by atoms with Crippen molar-refractivity contribution in [2.45, 2.75) is 25.9 Å². The van der Waals surface area contributed by atoms with Crippen molar-refractivity contribution in [2.24, 2.45) is 0 Å². The molecule has 0 N–H and O–H groups in total. The average Bonchev–Trinajstić information content (AvgIpc) is 3.18. The fourth-order valence-corrected chi connectivity index (χ4v) is 3.68. The van der Waals surface area contributed by atoms with Crippen molar-refractivity contribution in [1.82, 2.24) is 0 Å². The van der Waals surface area contributed by atoms with E-state index in [2.05, 4.69) is 4.74 Å². The number of carbonyl (C=O) groups excluding carboxylic acids is 3. The fraction of sp³-hybridized carbons (Fsp3) is 0.320. The molecule has 0 saturated carbocycles. The summed E-state index contributed by atoms with van der Waals surface area (Å²) in [6.07, 6.45) is 2.35. The molecular formula is C25H26O9. The van der Waals surface area contributed by atoms with Crippen LogP contribution in [0.3, 0.4) is 0 Å². The van der Waals surface area contributed by atoms with Crippen LogP contribution in [0.15, 0.2) is 36.4 Å². The Labute approximate surface area is 197 Å². The van der Waals surface area contributed by atoms with Gasteiger partial charge in [0.15, 0.2) is 23.0 Å². The smallest absolute Gasteiger partial charge is 0.330 e. The van der Waals surface area contributed by atoms with Crippen molar-refractivity contribution in [1.29, 1.82) is 0 Å². The second-order valence-corrected chi connectivity index (χ2v) is 7.45. The zero-order valence-electron chi connectivity index (χ0n) is 19.6. The van der Waals surface area contributed by atoms with E-state index in [1.54, 1.807) is 30.3 Å². The number of ether oxygens (including phenoxy) is 6. The molecule has 9 heteroatoms. The maximum atomic E-state index is 11.6. The number of esters is 3. The molecule has 1 heterocycles. The Hall–Kier alpha value is -4.01. The summed E-state index contributed by atoms with van der Waals surface area (Å²) < 4.78 is 32.4. The van der Waals surface area contributed by atoms with E-state index in [0.717, 1.165) is 11.1 Å². The van der Waals surface area contributed by atoms with E-state index in [0.29, 0.717) is 22.8 Å². The van der Waals surface area contributed by atoms with Crippen LogP contribution in [0.1, 0.15) is 42.6 Å². The van der Waals surface area contributed by atoms with Gasteiger partial charge in [0, 0.05) is 25.5 Å². The molecule has 2 aromatic rings. The van der Waals surface area contributed by atoms with E-state index in [4.69, 9.17) is 23.7 Å². The predicted molar refractivity (Wildman–Crippen MR) is 121 cm³/mol. The molecule has 0 spiro atoms. The van der Waals surface area contributed by atoms with Gasteiger partial charge in [0.1, 0.15) is 12.7 Å². The van der Waals surface area contributed by atoms with Crippen LogP contribution in [0.2, 0.25) is 0 Å². The Bertz CT molecular complexity index is 1120. The second kappa shape index (κ2) is 10.7. The first-order valence-electron chi connectivity index (χ1n) is 10.4. The maximum absolute atomic E-state index is 11.6. The van der Waals surface area contributed by atoms with Crippen LogP contribution in [-0.2, 0) is 23.9 Å². The highest BCUT2D eigenvalue weighted by Gasteiger charge is 2.39. The third kappa shape index (κ3) is 5.48. The lowest BCUT2D eigenvalue weighted by molar-refractivity contribution is -0.142. The summed E-state index contributed by atoms with van der Waals surface area (Å²) in [6.45, 7) is 2.69. The van der Waals surface area contributed by atoms with E-state index < -0.39 is 24.0 Å². The number of methoxy groups -OCH3 is 3. The van der Waals surface area contributed by atoms with Crippen molar-refractivity contribution in [2.75, 3.05) is 27.9 Å². The molecule has 2 aromatic carbocycles. The van der Waals surface area contributed by atoms with Crippen LogP contribution in [0.4, 0.5) is 0 Å². The first-order valence-corrected chi connectivity index (χ1v) is 10.4. The Morgan fingerprint density at radius 3 is 2.29 bits per heavy atom. The maximum Gasteiger partial charge on any atom is 0.330 e.